The lowest BCUT2D eigenvalue weighted by molar-refractivity contribution is -0.148. The highest BCUT2D eigenvalue weighted by Crippen LogP contribution is 2.34. The van der Waals surface area contributed by atoms with Crippen LogP contribution in [-0.2, 0) is 27.2 Å². The number of pyridine rings is 1. The van der Waals surface area contributed by atoms with Gasteiger partial charge in [0.25, 0.3) is 5.91 Å². The van der Waals surface area contributed by atoms with Gasteiger partial charge in [-0.05, 0) is 70.6 Å². The molecule has 1 fully saturated rings. The van der Waals surface area contributed by atoms with Gasteiger partial charge in [-0.1, -0.05) is 72.8 Å². The van der Waals surface area contributed by atoms with E-state index in [1.807, 2.05) is 104 Å². The molecule has 3 heterocycles. The van der Waals surface area contributed by atoms with Crippen LogP contribution in [-0.4, -0.2) is 61.1 Å². The number of rotatable bonds is 8. The Balaban J connectivity index is 1.29. The minimum Gasteiger partial charge on any atom is -0.368 e. The molecule has 1 saturated heterocycles. The number of carbonyl (C=O) groups is 3. The summed E-state index contributed by atoms with van der Waals surface area (Å²) in [6.07, 6.45) is 7.45. The molecule has 0 spiro atoms. The summed E-state index contributed by atoms with van der Waals surface area (Å²) in [5.74, 6) is -1.12. The molecule has 7 rings (SSSR count). The number of carbonyl (C=O) groups excluding carboxylic acids is 3. The highest BCUT2D eigenvalue weighted by Gasteiger charge is 2.43. The average molecular weight is 649 g/mol. The molecule has 2 N–H and O–H groups in total. The Hall–Kier alpha value is -5.96. The van der Waals surface area contributed by atoms with Crippen molar-refractivity contribution in [3.63, 3.8) is 0 Å². The van der Waals surface area contributed by atoms with E-state index in [1.54, 1.807) is 28.4 Å². The van der Waals surface area contributed by atoms with Crippen LogP contribution in [0.2, 0.25) is 0 Å². The Labute approximate surface area is 284 Å². The lowest BCUT2D eigenvalue weighted by Crippen LogP contribution is -2.52. The van der Waals surface area contributed by atoms with Crippen molar-refractivity contribution in [3.8, 4) is 11.1 Å². The molecule has 9 heteroatoms. The van der Waals surface area contributed by atoms with Crippen molar-refractivity contribution < 1.29 is 14.4 Å². The third-order valence-corrected chi connectivity index (χ3v) is 9.46. The fourth-order valence-corrected chi connectivity index (χ4v) is 6.99. The molecular weight excluding hydrogens is 612 g/mol. The number of hydrogen-bond acceptors (Lipinski definition) is 6. The monoisotopic (exact) mass is 648 g/mol. The van der Waals surface area contributed by atoms with Gasteiger partial charge in [0.15, 0.2) is 0 Å². The van der Waals surface area contributed by atoms with Crippen LogP contribution in [0.25, 0.3) is 32.8 Å². The molecule has 3 amide bonds. The number of fused-ring (bicyclic) bond motifs is 2. The SMILES string of the molecule is CC1CCN(C(Cc2cccc3ccccc23)C(N)=O)C(=O)C(c2cccc(-c3cncnc3)c2)N1C(=O)Cc1ccc2ncccc2c1. The third-order valence-electron chi connectivity index (χ3n) is 9.46. The molecule has 1 aliphatic heterocycles. The number of benzene rings is 4. The van der Waals surface area contributed by atoms with E-state index in [2.05, 4.69) is 15.0 Å². The molecule has 3 unspecified atom stereocenters. The molecule has 9 nitrogen and oxygen atoms in total. The van der Waals surface area contributed by atoms with Gasteiger partial charge in [0.2, 0.25) is 11.8 Å². The maximum atomic E-state index is 15.0. The van der Waals surface area contributed by atoms with Gasteiger partial charge in [-0.25, -0.2) is 9.97 Å². The zero-order valence-electron chi connectivity index (χ0n) is 27.1. The van der Waals surface area contributed by atoms with Gasteiger partial charge < -0.3 is 15.5 Å². The van der Waals surface area contributed by atoms with Gasteiger partial charge in [-0.3, -0.25) is 19.4 Å². The highest BCUT2D eigenvalue weighted by atomic mass is 16.2. The Kier molecular flexibility index (Phi) is 8.81. The Morgan fingerprint density at radius 2 is 1.65 bits per heavy atom. The largest absolute Gasteiger partial charge is 0.368 e. The van der Waals surface area contributed by atoms with E-state index < -0.39 is 18.0 Å². The van der Waals surface area contributed by atoms with Crippen LogP contribution >= 0.6 is 0 Å². The van der Waals surface area contributed by atoms with Gasteiger partial charge in [-0.2, -0.15) is 0 Å². The first-order valence-corrected chi connectivity index (χ1v) is 16.4. The summed E-state index contributed by atoms with van der Waals surface area (Å²) in [5.41, 5.74) is 10.9. The Bertz CT molecular complexity index is 2170. The summed E-state index contributed by atoms with van der Waals surface area (Å²) in [5, 5.41) is 2.98. The van der Waals surface area contributed by atoms with Crippen LogP contribution in [0.5, 0.6) is 0 Å². The molecule has 2 aromatic heterocycles. The second kappa shape index (κ2) is 13.6. The molecule has 0 aliphatic carbocycles. The first kappa shape index (κ1) is 31.6. The number of nitrogens with two attached hydrogens (primary N) is 1. The number of aromatic nitrogens is 3. The molecular formula is C40H36N6O3. The van der Waals surface area contributed by atoms with Crippen molar-refractivity contribution in [2.24, 2.45) is 5.73 Å². The topological polar surface area (TPSA) is 122 Å². The van der Waals surface area contributed by atoms with Gasteiger partial charge in [0, 0.05) is 48.5 Å². The molecule has 0 radical (unpaired) electrons. The highest BCUT2D eigenvalue weighted by molar-refractivity contribution is 5.95. The lowest BCUT2D eigenvalue weighted by Gasteiger charge is -2.36. The Morgan fingerprint density at radius 1 is 0.878 bits per heavy atom. The van der Waals surface area contributed by atoms with Crippen LogP contribution in [0.1, 0.15) is 36.1 Å². The summed E-state index contributed by atoms with van der Waals surface area (Å²) in [6.45, 7) is 2.23. The molecule has 1 aliphatic rings. The van der Waals surface area contributed by atoms with Gasteiger partial charge in [0.1, 0.15) is 18.4 Å². The summed E-state index contributed by atoms with van der Waals surface area (Å²) in [4.78, 5) is 58.7. The maximum absolute atomic E-state index is 15.0. The first-order valence-electron chi connectivity index (χ1n) is 16.4. The van der Waals surface area contributed by atoms with Crippen molar-refractivity contribution in [1.29, 1.82) is 0 Å². The summed E-state index contributed by atoms with van der Waals surface area (Å²) in [7, 11) is 0. The second-order valence-corrected chi connectivity index (χ2v) is 12.6. The number of amides is 3. The van der Waals surface area contributed by atoms with E-state index in [0.717, 1.165) is 43.9 Å². The molecule has 3 atom stereocenters. The maximum Gasteiger partial charge on any atom is 0.250 e. The molecule has 49 heavy (non-hydrogen) atoms. The molecule has 0 saturated carbocycles. The van der Waals surface area contributed by atoms with Crippen molar-refractivity contribution in [2.45, 2.75) is 44.3 Å². The zero-order chi connectivity index (χ0) is 33.9. The van der Waals surface area contributed by atoms with Gasteiger partial charge in [-0.15, -0.1) is 0 Å². The molecule has 0 bridgehead atoms. The number of hydrogen-bond donors (Lipinski definition) is 1. The van der Waals surface area contributed by atoms with Crippen molar-refractivity contribution >= 4 is 39.4 Å². The van der Waals surface area contributed by atoms with Gasteiger partial charge in [0.05, 0.1) is 11.9 Å². The summed E-state index contributed by atoms with van der Waals surface area (Å²) < 4.78 is 0. The first-order chi connectivity index (χ1) is 23.9. The second-order valence-electron chi connectivity index (χ2n) is 12.6. The summed E-state index contributed by atoms with van der Waals surface area (Å²) >= 11 is 0. The number of primary amides is 1. The molecule has 4 aromatic carbocycles. The van der Waals surface area contributed by atoms with Crippen LogP contribution in [0, 0.1) is 0 Å². The third kappa shape index (κ3) is 6.47. The molecule has 244 valence electrons. The van der Waals surface area contributed by atoms with Crippen LogP contribution in [0.15, 0.2) is 122 Å². The summed E-state index contributed by atoms with van der Waals surface area (Å²) in [6, 6.07) is 28.9. The normalized spacial score (nSPS) is 17.2. The zero-order valence-corrected chi connectivity index (χ0v) is 27.1. The number of nitrogens with zero attached hydrogens (tertiary/aromatic N) is 5. The predicted octanol–water partition coefficient (Wildman–Crippen LogP) is 5.67. The standard InChI is InChI=1S/C40H36N6O3/c1-26-16-18-45(36(39(41)48)22-30-10-4-8-28-7-2-3-13-34(28)30)40(49)38(32-11-5-9-29(21-32)33-23-42-25-43-24-33)46(26)37(47)20-27-14-15-35-31(19-27)12-6-17-44-35/h2-15,17,19,21,23-26,36,38H,16,18,20,22H2,1H3,(H2,41,48). The van der Waals surface area contributed by atoms with Crippen molar-refractivity contribution in [3.05, 3.63) is 139 Å². The van der Waals surface area contributed by atoms with Crippen molar-refractivity contribution in [2.75, 3.05) is 6.54 Å². The van der Waals surface area contributed by atoms with Crippen LogP contribution in [0.4, 0.5) is 0 Å². The average Bonchev–Trinajstić information content (AvgIpc) is 3.26. The fourth-order valence-electron chi connectivity index (χ4n) is 6.99. The van der Waals surface area contributed by atoms with Crippen molar-refractivity contribution in [1.82, 2.24) is 24.8 Å². The van der Waals surface area contributed by atoms with E-state index in [4.69, 9.17) is 5.73 Å². The minimum atomic E-state index is -0.994. The lowest BCUT2D eigenvalue weighted by atomic mass is 9.95. The smallest absolute Gasteiger partial charge is 0.250 e. The quantitative estimate of drug-likeness (QED) is 0.227. The van der Waals surface area contributed by atoms with E-state index in [0.29, 0.717) is 12.0 Å². The predicted molar refractivity (Wildman–Crippen MR) is 189 cm³/mol. The van der Waals surface area contributed by atoms with Gasteiger partial charge >= 0.3 is 0 Å². The minimum absolute atomic E-state index is 0.0976. The fraction of sp³-hybridized carbons (Fsp3) is 0.200. The van der Waals surface area contributed by atoms with E-state index in [9.17, 15) is 14.4 Å². The van der Waals surface area contributed by atoms with Crippen LogP contribution in [0.3, 0.4) is 0 Å². The molecule has 6 aromatic rings. The van der Waals surface area contributed by atoms with E-state index >= 15 is 0 Å². The Morgan fingerprint density at radius 3 is 2.49 bits per heavy atom. The van der Waals surface area contributed by atoms with Crippen LogP contribution < -0.4 is 5.73 Å². The van der Waals surface area contributed by atoms with E-state index in [-0.39, 0.29) is 37.2 Å². The van der Waals surface area contributed by atoms with E-state index in [1.165, 1.54) is 6.33 Å².